The Balaban J connectivity index is 5.17. The Labute approximate surface area is 203 Å². The topological polar surface area (TPSA) is 43.4 Å². The first kappa shape index (κ1) is 32.3. The summed E-state index contributed by atoms with van der Waals surface area (Å²) in [4.78, 5) is 0. The van der Waals surface area contributed by atoms with Gasteiger partial charge in [0.15, 0.2) is 0 Å². The zero-order valence-corrected chi connectivity index (χ0v) is 24.3. The molecule has 3 nitrogen and oxygen atoms in total. The summed E-state index contributed by atoms with van der Waals surface area (Å²) in [6.07, 6.45) is 23.7. The Morgan fingerprint density at radius 1 is 0.469 bits per heavy atom. The molecule has 0 rings (SSSR count). The van der Waals surface area contributed by atoms with Crippen molar-refractivity contribution in [2.24, 2.45) is 0 Å². The summed E-state index contributed by atoms with van der Waals surface area (Å²) in [5.41, 5.74) is 0. The van der Waals surface area contributed by atoms with E-state index < -0.39 is 16.9 Å². The number of hydrogen-bond donors (Lipinski definition) is 0. The second-order valence-corrected chi connectivity index (χ2v) is 18.0. The Kier molecular flexibility index (Phi) is 18.8. The molecule has 0 N–H and O–H groups in total. The Morgan fingerprint density at radius 2 is 0.781 bits per heavy atom. The number of hydrogen-bond acceptors (Lipinski definition) is 3. The van der Waals surface area contributed by atoms with E-state index in [0.717, 1.165) is 95.3 Å². The van der Waals surface area contributed by atoms with Crippen molar-refractivity contribution in [1.82, 2.24) is 0 Å². The molecule has 0 aliphatic carbocycles. The van der Waals surface area contributed by atoms with Crippen LogP contribution in [-0.2, 0) is 14.1 Å². The minimum absolute atomic E-state index is 0.219. The fourth-order valence-corrected chi connectivity index (χ4v) is 15.4. The van der Waals surface area contributed by atoms with Gasteiger partial charge in [-0.3, -0.25) is 0 Å². The van der Waals surface area contributed by atoms with E-state index in [2.05, 4.69) is 34.6 Å². The first-order valence-electron chi connectivity index (χ1n) is 14.3. The quantitative estimate of drug-likeness (QED) is 0.0991. The predicted molar refractivity (Wildman–Crippen MR) is 148 cm³/mol. The number of rotatable bonds is 24. The molecule has 0 aliphatic heterocycles. The molecular formula is C27H59O3PS. The zero-order chi connectivity index (χ0) is 24.2. The molecule has 0 aromatic rings. The van der Waals surface area contributed by atoms with Gasteiger partial charge >= 0.3 is 197 Å². The van der Waals surface area contributed by atoms with Crippen molar-refractivity contribution in [2.75, 3.05) is 30.4 Å². The Bertz CT molecular complexity index is 490. The van der Waals surface area contributed by atoms with Gasteiger partial charge in [-0.15, -0.1) is 0 Å². The van der Waals surface area contributed by atoms with Crippen molar-refractivity contribution >= 4 is 16.9 Å². The van der Waals surface area contributed by atoms with E-state index in [9.17, 15) is 8.42 Å². The molecule has 0 fully saturated rings. The van der Waals surface area contributed by atoms with Crippen molar-refractivity contribution in [1.29, 1.82) is 0 Å². The fraction of sp³-hybridized carbons (Fsp3) is 1.00. The molecule has 0 atom stereocenters. The van der Waals surface area contributed by atoms with Crippen LogP contribution in [0.4, 0.5) is 0 Å². The maximum atomic E-state index is 13.3. The van der Waals surface area contributed by atoms with Gasteiger partial charge in [0, 0.05) is 0 Å². The third-order valence-electron chi connectivity index (χ3n) is 7.13. The van der Waals surface area contributed by atoms with E-state index in [4.69, 9.17) is 3.97 Å². The first-order chi connectivity index (χ1) is 15.3. The summed E-state index contributed by atoms with van der Waals surface area (Å²) in [7, 11) is -3.47. The van der Waals surface area contributed by atoms with Gasteiger partial charge in [0.1, 0.15) is 0 Å². The molecule has 0 saturated carbocycles. The molecule has 0 saturated heterocycles. The van der Waals surface area contributed by atoms with Crippen molar-refractivity contribution in [3.05, 3.63) is 0 Å². The summed E-state index contributed by atoms with van der Waals surface area (Å²) in [5, 5.41) is 0. The number of unbranched alkanes of at least 4 members (excludes halogenated alkanes) is 12. The molecule has 0 amide bonds. The Morgan fingerprint density at radius 3 is 1.12 bits per heavy atom. The van der Waals surface area contributed by atoms with Crippen LogP contribution in [0.3, 0.4) is 0 Å². The van der Waals surface area contributed by atoms with E-state index in [1.54, 1.807) is 0 Å². The maximum absolute atomic E-state index is 13.3. The van der Waals surface area contributed by atoms with E-state index in [1.807, 2.05) is 0 Å². The van der Waals surface area contributed by atoms with E-state index in [-0.39, 0.29) is 5.75 Å². The van der Waals surface area contributed by atoms with Crippen LogP contribution in [0.15, 0.2) is 0 Å². The standard InChI is InChI=1S/C27H59O3PS/c1-6-11-16-17-18-19-20-21-22-27-32(28,29)30-31(23-12-7-2,24-13-8-3,25-14-9-4)26-15-10-5/h6-27H2,1-5H3. The molecule has 5 heteroatoms. The third-order valence-corrected chi connectivity index (χ3v) is 16.3. The summed E-state index contributed by atoms with van der Waals surface area (Å²) in [6, 6.07) is 0. The molecule has 0 bridgehead atoms. The van der Waals surface area contributed by atoms with Crippen molar-refractivity contribution < 1.29 is 12.4 Å². The van der Waals surface area contributed by atoms with Crippen molar-refractivity contribution in [3.8, 4) is 0 Å². The molecule has 0 unspecified atom stereocenters. The molecule has 0 aromatic heterocycles. The zero-order valence-electron chi connectivity index (χ0n) is 22.6. The molecular weight excluding hydrogens is 435 g/mol. The van der Waals surface area contributed by atoms with Crippen LogP contribution in [0.1, 0.15) is 144 Å². The van der Waals surface area contributed by atoms with Crippen LogP contribution in [-0.4, -0.2) is 38.8 Å². The van der Waals surface area contributed by atoms with Gasteiger partial charge in [-0.25, -0.2) is 0 Å². The molecule has 196 valence electrons. The molecule has 32 heavy (non-hydrogen) atoms. The van der Waals surface area contributed by atoms with Crippen molar-refractivity contribution in [3.63, 3.8) is 0 Å². The van der Waals surface area contributed by atoms with Crippen LogP contribution in [0.25, 0.3) is 0 Å². The Hall–Kier alpha value is 0.340. The molecule has 0 aromatic carbocycles. The monoisotopic (exact) mass is 494 g/mol. The molecule has 0 heterocycles. The van der Waals surface area contributed by atoms with Crippen molar-refractivity contribution in [2.45, 2.75) is 144 Å². The second kappa shape index (κ2) is 18.6. The van der Waals surface area contributed by atoms with Gasteiger partial charge in [0.05, 0.1) is 0 Å². The fourth-order valence-electron chi connectivity index (χ4n) is 5.00. The van der Waals surface area contributed by atoms with Crippen LogP contribution in [0.2, 0.25) is 0 Å². The summed E-state index contributed by atoms with van der Waals surface area (Å²) < 4.78 is 33.2. The van der Waals surface area contributed by atoms with Gasteiger partial charge in [0.2, 0.25) is 0 Å². The van der Waals surface area contributed by atoms with Gasteiger partial charge < -0.3 is 0 Å². The van der Waals surface area contributed by atoms with Gasteiger partial charge in [-0.2, -0.15) is 0 Å². The summed E-state index contributed by atoms with van der Waals surface area (Å²) in [5.74, 6) is 0.219. The van der Waals surface area contributed by atoms with Crippen LogP contribution in [0.5, 0.6) is 0 Å². The third kappa shape index (κ3) is 13.9. The average molecular weight is 495 g/mol. The average Bonchev–Trinajstić information content (AvgIpc) is 2.78. The van der Waals surface area contributed by atoms with Crippen LogP contribution in [0, 0.1) is 0 Å². The van der Waals surface area contributed by atoms with E-state index in [0.29, 0.717) is 0 Å². The summed E-state index contributed by atoms with van der Waals surface area (Å²) in [6.45, 7) is 8.40. The molecule has 0 aliphatic rings. The SMILES string of the molecule is CCCCCCCCCCCS(=O)(=O)OP(CCCC)(CCCC)(CCCC)CCCC. The summed E-state index contributed by atoms with van der Waals surface area (Å²) >= 11 is 0. The minimum atomic E-state index is -3.47. The second-order valence-electron chi connectivity index (χ2n) is 10.3. The van der Waals surface area contributed by atoms with E-state index in [1.165, 1.54) is 38.5 Å². The predicted octanol–water partition coefficient (Wildman–Crippen LogP) is 9.53. The van der Waals surface area contributed by atoms with Gasteiger partial charge in [0.25, 0.3) is 0 Å². The van der Waals surface area contributed by atoms with Crippen LogP contribution >= 0.6 is 6.83 Å². The first-order valence-corrected chi connectivity index (χ1v) is 18.7. The molecule has 0 spiro atoms. The molecule has 0 radical (unpaired) electrons. The normalized spacial score (nSPS) is 13.8. The van der Waals surface area contributed by atoms with Gasteiger partial charge in [-0.05, 0) is 0 Å². The van der Waals surface area contributed by atoms with E-state index >= 15 is 0 Å². The van der Waals surface area contributed by atoms with Gasteiger partial charge in [-0.1, -0.05) is 6.92 Å². The van der Waals surface area contributed by atoms with Crippen LogP contribution < -0.4 is 0 Å².